The predicted octanol–water partition coefficient (Wildman–Crippen LogP) is 1.74. The van der Waals surface area contributed by atoms with Crippen LogP contribution in [0.3, 0.4) is 0 Å². The van der Waals surface area contributed by atoms with Gasteiger partial charge in [0.2, 0.25) is 10.0 Å². The van der Waals surface area contributed by atoms with Gasteiger partial charge in [-0.05, 0) is 30.4 Å². The van der Waals surface area contributed by atoms with E-state index in [1.807, 2.05) is 0 Å². The van der Waals surface area contributed by atoms with Crippen LogP contribution in [-0.2, 0) is 16.6 Å². The first kappa shape index (κ1) is 15.4. The smallest absolute Gasteiger partial charge is 0.244 e. The summed E-state index contributed by atoms with van der Waals surface area (Å²) in [5, 5.41) is 0. The number of nitrogens with zero attached hydrogens (tertiary/aromatic N) is 2. The predicted molar refractivity (Wildman–Crippen MR) is 78.5 cm³/mol. The lowest BCUT2D eigenvalue weighted by atomic mass is 9.79. The maximum absolute atomic E-state index is 12.7. The summed E-state index contributed by atoms with van der Waals surface area (Å²) in [7, 11) is -3.47. The fourth-order valence-electron chi connectivity index (χ4n) is 2.57. The Morgan fingerprint density at radius 3 is 2.60 bits per heavy atom. The van der Waals surface area contributed by atoms with Crippen molar-refractivity contribution in [2.24, 2.45) is 11.1 Å². The summed E-state index contributed by atoms with van der Waals surface area (Å²) < 4.78 is 27.0. The average Bonchev–Trinajstić information content (AvgIpc) is 2.47. The standard InChI is InChI=1S/C14H23N3O2S/c1-3-14(2)6-9-17(10-7-14)20(18,19)13-5-4-8-16-12(13)11-15/h4-5,8H,3,6-7,9-11,15H2,1-2H3. The molecule has 2 heterocycles. The van der Waals surface area contributed by atoms with Crippen LogP contribution >= 0.6 is 0 Å². The van der Waals surface area contributed by atoms with Crippen molar-refractivity contribution >= 4 is 10.0 Å². The Bertz CT molecular complexity index is 564. The molecule has 1 aromatic rings. The largest absolute Gasteiger partial charge is 0.325 e. The molecule has 1 saturated heterocycles. The Hall–Kier alpha value is -0.980. The second-order valence-corrected chi connectivity index (χ2v) is 7.63. The van der Waals surface area contributed by atoms with Crippen LogP contribution < -0.4 is 5.73 Å². The van der Waals surface area contributed by atoms with E-state index in [0.717, 1.165) is 19.3 Å². The van der Waals surface area contributed by atoms with Crippen molar-refractivity contribution in [2.45, 2.75) is 44.6 Å². The molecule has 1 aliphatic rings. The number of aromatic nitrogens is 1. The Kier molecular flexibility index (Phi) is 4.46. The van der Waals surface area contributed by atoms with Gasteiger partial charge in [0.05, 0.1) is 5.69 Å². The zero-order valence-electron chi connectivity index (χ0n) is 12.2. The third-order valence-electron chi connectivity index (χ3n) is 4.44. The molecule has 0 bridgehead atoms. The van der Waals surface area contributed by atoms with Crippen molar-refractivity contribution in [3.63, 3.8) is 0 Å². The van der Waals surface area contributed by atoms with Crippen LogP contribution in [0.25, 0.3) is 0 Å². The van der Waals surface area contributed by atoms with Crippen molar-refractivity contribution in [1.82, 2.24) is 9.29 Å². The number of pyridine rings is 1. The van der Waals surface area contributed by atoms with E-state index in [2.05, 4.69) is 18.8 Å². The van der Waals surface area contributed by atoms with Gasteiger partial charge in [-0.25, -0.2) is 8.42 Å². The molecular formula is C14H23N3O2S. The number of sulfonamides is 1. The van der Waals surface area contributed by atoms with Crippen molar-refractivity contribution in [3.8, 4) is 0 Å². The van der Waals surface area contributed by atoms with E-state index in [-0.39, 0.29) is 16.9 Å². The lowest BCUT2D eigenvalue weighted by molar-refractivity contribution is 0.169. The van der Waals surface area contributed by atoms with Crippen LogP contribution in [0, 0.1) is 5.41 Å². The molecule has 1 fully saturated rings. The number of piperidine rings is 1. The molecule has 20 heavy (non-hydrogen) atoms. The van der Waals surface area contributed by atoms with E-state index in [4.69, 9.17) is 5.73 Å². The van der Waals surface area contributed by atoms with Gasteiger partial charge in [-0.1, -0.05) is 20.3 Å². The first-order valence-corrected chi connectivity index (χ1v) is 8.51. The first-order valence-electron chi connectivity index (χ1n) is 7.07. The molecule has 0 aliphatic carbocycles. The van der Waals surface area contributed by atoms with Gasteiger partial charge in [-0.3, -0.25) is 4.98 Å². The molecule has 0 aromatic carbocycles. The molecule has 112 valence electrons. The van der Waals surface area contributed by atoms with Gasteiger partial charge in [0.25, 0.3) is 0 Å². The maximum Gasteiger partial charge on any atom is 0.244 e. The molecule has 1 aliphatic heterocycles. The van der Waals surface area contributed by atoms with Gasteiger partial charge in [-0.15, -0.1) is 0 Å². The minimum Gasteiger partial charge on any atom is -0.325 e. The molecule has 2 rings (SSSR count). The number of hydrogen-bond acceptors (Lipinski definition) is 4. The normalized spacial score (nSPS) is 19.9. The lowest BCUT2D eigenvalue weighted by Gasteiger charge is -2.38. The van der Waals surface area contributed by atoms with Crippen molar-refractivity contribution in [1.29, 1.82) is 0 Å². The number of nitrogens with two attached hydrogens (primary N) is 1. The zero-order chi connectivity index (χ0) is 14.8. The van der Waals surface area contributed by atoms with Crippen molar-refractivity contribution < 1.29 is 8.42 Å². The van der Waals surface area contributed by atoms with Crippen LogP contribution in [0.1, 0.15) is 38.8 Å². The van der Waals surface area contributed by atoms with Gasteiger partial charge in [0.15, 0.2) is 0 Å². The SMILES string of the molecule is CCC1(C)CCN(S(=O)(=O)c2cccnc2CN)CC1. The molecule has 0 spiro atoms. The van der Waals surface area contributed by atoms with Gasteiger partial charge < -0.3 is 5.73 Å². The van der Waals surface area contributed by atoms with Crippen molar-refractivity contribution in [3.05, 3.63) is 24.0 Å². The summed E-state index contributed by atoms with van der Waals surface area (Å²) in [6.07, 6.45) is 4.47. The molecule has 0 unspecified atom stereocenters. The Labute approximate surface area is 121 Å². The second-order valence-electron chi connectivity index (χ2n) is 5.72. The third kappa shape index (κ3) is 2.87. The van der Waals surface area contributed by atoms with Crippen LogP contribution in [0.15, 0.2) is 23.2 Å². The fourth-order valence-corrected chi connectivity index (χ4v) is 4.20. The van der Waals surface area contributed by atoms with Crippen LogP contribution in [0.2, 0.25) is 0 Å². The fraction of sp³-hybridized carbons (Fsp3) is 0.643. The molecule has 5 nitrogen and oxygen atoms in total. The van der Waals surface area contributed by atoms with E-state index in [9.17, 15) is 8.42 Å². The van der Waals surface area contributed by atoms with Crippen molar-refractivity contribution in [2.75, 3.05) is 13.1 Å². The van der Waals surface area contributed by atoms with E-state index in [1.165, 1.54) is 0 Å². The number of rotatable bonds is 4. The molecule has 0 saturated carbocycles. The van der Waals surface area contributed by atoms with Gasteiger partial charge >= 0.3 is 0 Å². The third-order valence-corrected chi connectivity index (χ3v) is 6.42. The molecular weight excluding hydrogens is 274 g/mol. The van der Waals surface area contributed by atoms with E-state index in [1.54, 1.807) is 22.6 Å². The summed E-state index contributed by atoms with van der Waals surface area (Å²) in [6.45, 7) is 5.68. The summed E-state index contributed by atoms with van der Waals surface area (Å²) in [5.74, 6) is 0. The monoisotopic (exact) mass is 297 g/mol. The molecule has 1 aromatic heterocycles. The Balaban J connectivity index is 2.24. The summed E-state index contributed by atoms with van der Waals surface area (Å²) in [4.78, 5) is 4.32. The highest BCUT2D eigenvalue weighted by Gasteiger charge is 2.35. The highest BCUT2D eigenvalue weighted by atomic mass is 32.2. The maximum atomic E-state index is 12.7. The Morgan fingerprint density at radius 2 is 2.05 bits per heavy atom. The molecule has 0 radical (unpaired) electrons. The van der Waals surface area contributed by atoms with Crippen LogP contribution in [0.4, 0.5) is 0 Å². The molecule has 6 heteroatoms. The number of hydrogen-bond donors (Lipinski definition) is 1. The second kappa shape index (κ2) is 5.79. The summed E-state index contributed by atoms with van der Waals surface area (Å²) >= 11 is 0. The molecule has 0 amide bonds. The average molecular weight is 297 g/mol. The van der Waals surface area contributed by atoms with Crippen LogP contribution in [0.5, 0.6) is 0 Å². The molecule has 2 N–H and O–H groups in total. The zero-order valence-corrected chi connectivity index (χ0v) is 13.0. The topological polar surface area (TPSA) is 76.3 Å². The van der Waals surface area contributed by atoms with E-state index >= 15 is 0 Å². The van der Waals surface area contributed by atoms with Crippen LogP contribution in [-0.4, -0.2) is 30.8 Å². The minimum atomic E-state index is -3.47. The summed E-state index contributed by atoms with van der Waals surface area (Å²) in [6, 6.07) is 3.24. The van der Waals surface area contributed by atoms with Gasteiger partial charge in [0, 0.05) is 25.8 Å². The highest BCUT2D eigenvalue weighted by Crippen LogP contribution is 2.35. The molecule has 0 atom stereocenters. The van der Waals surface area contributed by atoms with E-state index in [0.29, 0.717) is 18.8 Å². The summed E-state index contributed by atoms with van der Waals surface area (Å²) in [5.41, 5.74) is 6.30. The lowest BCUT2D eigenvalue weighted by Crippen LogP contribution is -2.42. The first-order chi connectivity index (χ1) is 9.43. The van der Waals surface area contributed by atoms with Gasteiger partial charge in [0.1, 0.15) is 4.90 Å². The highest BCUT2D eigenvalue weighted by molar-refractivity contribution is 7.89. The minimum absolute atomic E-state index is 0.135. The Morgan fingerprint density at radius 1 is 1.40 bits per heavy atom. The van der Waals surface area contributed by atoms with Gasteiger partial charge in [-0.2, -0.15) is 4.31 Å². The van der Waals surface area contributed by atoms with E-state index < -0.39 is 10.0 Å². The quantitative estimate of drug-likeness (QED) is 0.918.